The van der Waals surface area contributed by atoms with E-state index in [0.29, 0.717) is 19.4 Å². The Kier molecular flexibility index (Phi) is 4.19. The van der Waals surface area contributed by atoms with Gasteiger partial charge in [0.1, 0.15) is 0 Å². The molecule has 0 atom stereocenters. The summed E-state index contributed by atoms with van der Waals surface area (Å²) in [5, 5.41) is 7.55. The van der Waals surface area contributed by atoms with Crippen molar-refractivity contribution in [2.24, 2.45) is 0 Å². The lowest BCUT2D eigenvalue weighted by molar-refractivity contribution is -0.128. The molecule has 104 valence electrons. The van der Waals surface area contributed by atoms with Crippen LogP contribution in [0.4, 0.5) is 5.69 Å². The number of aromatic nitrogens is 2. The molecule has 0 radical (unpaired) electrons. The van der Waals surface area contributed by atoms with Crippen LogP contribution in [0.2, 0.25) is 0 Å². The normalized spacial score (nSPS) is 13.6. The second-order valence-corrected chi connectivity index (χ2v) is 4.99. The Hall–Kier alpha value is -1.85. The smallest absolute Gasteiger partial charge is 0.268 e. The predicted molar refractivity (Wildman–Crippen MR) is 73.2 cm³/mol. The zero-order valence-electron chi connectivity index (χ0n) is 11.5. The number of hydrogen-bond acceptors (Lipinski definition) is 4. The van der Waals surface area contributed by atoms with Crippen LogP contribution in [0.1, 0.15) is 25.0 Å². The van der Waals surface area contributed by atoms with Crippen molar-refractivity contribution in [1.82, 2.24) is 14.7 Å². The quantitative estimate of drug-likeness (QED) is 0.858. The number of nitrogens with zero attached hydrogens (tertiary/aromatic N) is 3. The van der Waals surface area contributed by atoms with Crippen LogP contribution in [0.25, 0.3) is 0 Å². The van der Waals surface area contributed by atoms with Gasteiger partial charge in [-0.25, -0.2) is 4.68 Å². The first-order valence-electron chi connectivity index (χ1n) is 6.63. The van der Waals surface area contributed by atoms with Crippen LogP contribution < -0.4 is 10.9 Å². The zero-order valence-corrected chi connectivity index (χ0v) is 11.5. The van der Waals surface area contributed by atoms with Gasteiger partial charge in [0.05, 0.1) is 11.4 Å². The summed E-state index contributed by atoms with van der Waals surface area (Å²) in [6, 6.07) is 1.61. The minimum atomic E-state index is -0.106. The molecule has 0 aromatic carbocycles. The molecule has 2 rings (SSSR count). The van der Waals surface area contributed by atoms with Crippen molar-refractivity contribution in [1.29, 1.82) is 0 Å². The highest BCUT2D eigenvalue weighted by Gasteiger charge is 2.12. The minimum absolute atomic E-state index is 0.0766. The Bertz CT molecular complexity index is 522. The maximum absolute atomic E-state index is 11.9. The molecule has 19 heavy (non-hydrogen) atoms. The average molecular weight is 264 g/mol. The monoisotopic (exact) mass is 264 g/mol. The van der Waals surface area contributed by atoms with Gasteiger partial charge in [-0.15, -0.1) is 0 Å². The number of anilines is 1. The third-order valence-corrected chi connectivity index (χ3v) is 3.24. The molecule has 0 aliphatic carbocycles. The first-order valence-corrected chi connectivity index (χ1v) is 6.63. The van der Waals surface area contributed by atoms with Crippen molar-refractivity contribution in [2.75, 3.05) is 26.0 Å². The summed E-state index contributed by atoms with van der Waals surface area (Å²) in [6.07, 6.45) is 3.02. The van der Waals surface area contributed by atoms with Gasteiger partial charge in [-0.1, -0.05) is 0 Å². The molecule has 2 heterocycles. The highest BCUT2D eigenvalue weighted by Crippen LogP contribution is 2.16. The molecule has 0 saturated heterocycles. The summed E-state index contributed by atoms with van der Waals surface area (Å²) >= 11 is 0. The molecule has 1 aromatic rings. The fourth-order valence-corrected chi connectivity index (χ4v) is 2.11. The highest BCUT2D eigenvalue weighted by atomic mass is 16.2. The lowest BCUT2D eigenvalue weighted by Gasteiger charge is -2.17. The number of hydrogen-bond donors (Lipinski definition) is 1. The number of rotatable bonds is 4. The van der Waals surface area contributed by atoms with Gasteiger partial charge in [0.2, 0.25) is 5.91 Å². The van der Waals surface area contributed by atoms with Gasteiger partial charge in [0.25, 0.3) is 5.56 Å². The average Bonchev–Trinajstić information content (AvgIpc) is 2.39. The van der Waals surface area contributed by atoms with E-state index in [2.05, 4.69) is 10.4 Å². The molecular weight excluding hydrogens is 244 g/mol. The molecule has 1 aliphatic rings. The summed E-state index contributed by atoms with van der Waals surface area (Å²) in [5.74, 6) is 0.0766. The summed E-state index contributed by atoms with van der Waals surface area (Å²) in [7, 11) is 3.47. The molecule has 0 fully saturated rings. The topological polar surface area (TPSA) is 67.2 Å². The summed E-state index contributed by atoms with van der Waals surface area (Å²) in [5.41, 5.74) is 1.70. The van der Waals surface area contributed by atoms with Crippen LogP contribution in [0.3, 0.4) is 0 Å². The van der Waals surface area contributed by atoms with Crippen LogP contribution in [0.15, 0.2) is 10.9 Å². The lowest BCUT2D eigenvalue weighted by Crippen LogP contribution is -2.28. The Balaban J connectivity index is 2.01. The molecule has 1 N–H and O–H groups in total. The van der Waals surface area contributed by atoms with Crippen molar-refractivity contribution in [3.63, 3.8) is 0 Å². The number of nitrogens with one attached hydrogen (secondary N) is 1. The van der Waals surface area contributed by atoms with Gasteiger partial charge in [-0.2, -0.15) is 5.10 Å². The second-order valence-electron chi connectivity index (χ2n) is 4.99. The number of fused-ring (bicyclic) bond motifs is 1. The summed E-state index contributed by atoms with van der Waals surface area (Å²) in [6.45, 7) is 1.39. The predicted octanol–water partition coefficient (Wildman–Crippen LogP) is 0.470. The first kappa shape index (κ1) is 13.6. The van der Waals surface area contributed by atoms with E-state index in [4.69, 9.17) is 0 Å². The molecular formula is C13H20N4O2. The molecule has 1 amide bonds. The van der Waals surface area contributed by atoms with Crippen LogP contribution >= 0.6 is 0 Å². The fraction of sp³-hybridized carbons (Fsp3) is 0.615. The Morgan fingerprint density at radius 1 is 1.53 bits per heavy atom. The Labute approximate surface area is 112 Å². The Morgan fingerprint density at radius 3 is 3.05 bits per heavy atom. The van der Waals surface area contributed by atoms with Crippen molar-refractivity contribution in [3.05, 3.63) is 22.1 Å². The molecule has 0 bridgehead atoms. The van der Waals surface area contributed by atoms with Gasteiger partial charge in [-0.05, 0) is 19.3 Å². The van der Waals surface area contributed by atoms with E-state index in [1.54, 1.807) is 25.1 Å². The van der Waals surface area contributed by atoms with Gasteiger partial charge in [0, 0.05) is 39.7 Å². The maximum atomic E-state index is 11.9. The van der Waals surface area contributed by atoms with Crippen LogP contribution in [-0.2, 0) is 17.8 Å². The number of carbonyl (C=O) groups is 1. The van der Waals surface area contributed by atoms with Crippen LogP contribution in [-0.4, -0.2) is 41.2 Å². The molecule has 0 saturated carbocycles. The van der Waals surface area contributed by atoms with Gasteiger partial charge in [-0.3, -0.25) is 9.59 Å². The summed E-state index contributed by atoms with van der Waals surface area (Å²) in [4.78, 5) is 24.9. The molecule has 6 nitrogen and oxygen atoms in total. The maximum Gasteiger partial charge on any atom is 0.268 e. The minimum Gasteiger partial charge on any atom is -0.383 e. The molecule has 6 heteroatoms. The van der Waals surface area contributed by atoms with Crippen molar-refractivity contribution >= 4 is 11.6 Å². The van der Waals surface area contributed by atoms with E-state index in [-0.39, 0.29) is 11.5 Å². The van der Waals surface area contributed by atoms with E-state index >= 15 is 0 Å². The number of carbonyl (C=O) groups excluding carboxylic acids is 1. The third-order valence-electron chi connectivity index (χ3n) is 3.24. The van der Waals surface area contributed by atoms with E-state index in [0.717, 1.165) is 30.8 Å². The Morgan fingerprint density at radius 2 is 2.32 bits per heavy atom. The van der Waals surface area contributed by atoms with Crippen molar-refractivity contribution in [2.45, 2.75) is 32.2 Å². The first-order chi connectivity index (χ1) is 9.08. The SMILES string of the molecule is CN(C)C(=O)CCCn1nc2c(cc1=O)NCCC2. The molecule has 1 aliphatic heterocycles. The van der Waals surface area contributed by atoms with E-state index < -0.39 is 0 Å². The zero-order chi connectivity index (χ0) is 13.8. The van der Waals surface area contributed by atoms with E-state index in [1.807, 2.05) is 0 Å². The number of amides is 1. The van der Waals surface area contributed by atoms with Crippen LogP contribution in [0, 0.1) is 0 Å². The second kappa shape index (κ2) is 5.86. The molecule has 0 unspecified atom stereocenters. The van der Waals surface area contributed by atoms with Crippen molar-refractivity contribution in [3.8, 4) is 0 Å². The van der Waals surface area contributed by atoms with Gasteiger partial charge in [0.15, 0.2) is 0 Å². The summed E-state index contributed by atoms with van der Waals surface area (Å²) < 4.78 is 1.47. The largest absolute Gasteiger partial charge is 0.383 e. The van der Waals surface area contributed by atoms with E-state index in [1.165, 1.54) is 4.68 Å². The van der Waals surface area contributed by atoms with Crippen LogP contribution in [0.5, 0.6) is 0 Å². The standard InChI is InChI=1S/C13H20N4O2/c1-16(2)12(18)6-4-8-17-13(19)9-11-10(15-17)5-3-7-14-11/h9,14H,3-8H2,1-2H3. The highest BCUT2D eigenvalue weighted by molar-refractivity contribution is 5.75. The van der Waals surface area contributed by atoms with Gasteiger partial charge >= 0.3 is 0 Å². The van der Waals surface area contributed by atoms with E-state index in [9.17, 15) is 9.59 Å². The van der Waals surface area contributed by atoms with Gasteiger partial charge < -0.3 is 10.2 Å². The lowest BCUT2D eigenvalue weighted by atomic mass is 10.1. The molecule has 1 aromatic heterocycles. The third kappa shape index (κ3) is 3.33. The fourth-order valence-electron chi connectivity index (χ4n) is 2.11. The van der Waals surface area contributed by atoms with Crippen molar-refractivity contribution < 1.29 is 4.79 Å². The number of aryl methyl sites for hydroxylation is 2. The molecule has 0 spiro atoms.